The van der Waals surface area contributed by atoms with Crippen LogP contribution in [0.15, 0.2) is 42.7 Å². The molecule has 0 aliphatic heterocycles. The summed E-state index contributed by atoms with van der Waals surface area (Å²) in [6.07, 6.45) is 3.58. The SMILES string of the molecule is Cc1c(C#N)cccc1-c1cc(-c2cn(Cc3ccn(CC(C)(C)O)n3)nn2)nc(N)n1. The molecule has 0 radical (unpaired) electrons. The van der Waals surface area contributed by atoms with Crippen LogP contribution in [0.4, 0.5) is 5.95 Å². The second-order valence-electron chi connectivity index (χ2n) is 8.21. The van der Waals surface area contributed by atoms with Crippen LogP contribution in [-0.4, -0.2) is 45.4 Å². The van der Waals surface area contributed by atoms with E-state index in [1.54, 1.807) is 41.5 Å². The smallest absolute Gasteiger partial charge is 0.221 e. The molecule has 4 aromatic rings. The van der Waals surface area contributed by atoms with Crippen molar-refractivity contribution in [3.8, 4) is 28.7 Å². The predicted molar refractivity (Wildman–Crippen MR) is 118 cm³/mol. The van der Waals surface area contributed by atoms with Crippen LogP contribution in [0.3, 0.4) is 0 Å². The zero-order chi connectivity index (χ0) is 22.9. The molecular formula is C22H23N9O. The Hall–Kier alpha value is -4.10. The molecule has 3 aromatic heterocycles. The first-order valence-electron chi connectivity index (χ1n) is 10.0. The molecule has 162 valence electrons. The highest BCUT2D eigenvalue weighted by atomic mass is 16.3. The number of anilines is 1. The first kappa shape index (κ1) is 21.1. The summed E-state index contributed by atoms with van der Waals surface area (Å²) >= 11 is 0. The molecule has 32 heavy (non-hydrogen) atoms. The number of nitriles is 1. The molecule has 10 heteroatoms. The van der Waals surface area contributed by atoms with Gasteiger partial charge in [-0.15, -0.1) is 5.10 Å². The Morgan fingerprint density at radius 1 is 1.12 bits per heavy atom. The van der Waals surface area contributed by atoms with Crippen LogP contribution in [0.25, 0.3) is 22.6 Å². The van der Waals surface area contributed by atoms with Gasteiger partial charge in [-0.2, -0.15) is 10.4 Å². The molecule has 0 fully saturated rings. The van der Waals surface area contributed by atoms with Crippen LogP contribution in [-0.2, 0) is 13.1 Å². The summed E-state index contributed by atoms with van der Waals surface area (Å²) < 4.78 is 3.36. The Morgan fingerprint density at radius 3 is 2.66 bits per heavy atom. The summed E-state index contributed by atoms with van der Waals surface area (Å²) in [6, 6.07) is 11.3. The van der Waals surface area contributed by atoms with Gasteiger partial charge in [0.25, 0.3) is 0 Å². The van der Waals surface area contributed by atoms with E-state index in [-0.39, 0.29) is 5.95 Å². The third-order valence-electron chi connectivity index (χ3n) is 4.84. The van der Waals surface area contributed by atoms with Crippen molar-refractivity contribution >= 4 is 5.95 Å². The molecule has 0 aliphatic rings. The van der Waals surface area contributed by atoms with Crippen molar-refractivity contribution in [2.45, 2.75) is 39.5 Å². The maximum Gasteiger partial charge on any atom is 0.221 e. The second-order valence-corrected chi connectivity index (χ2v) is 8.21. The minimum Gasteiger partial charge on any atom is -0.389 e. The van der Waals surface area contributed by atoms with Crippen molar-refractivity contribution in [3.63, 3.8) is 0 Å². The van der Waals surface area contributed by atoms with E-state index in [0.29, 0.717) is 35.7 Å². The fraction of sp³-hybridized carbons (Fsp3) is 0.273. The van der Waals surface area contributed by atoms with E-state index < -0.39 is 5.60 Å². The lowest BCUT2D eigenvalue weighted by Gasteiger charge is -2.16. The van der Waals surface area contributed by atoms with Crippen molar-refractivity contribution in [3.05, 3.63) is 59.5 Å². The third-order valence-corrected chi connectivity index (χ3v) is 4.84. The summed E-state index contributed by atoms with van der Waals surface area (Å²) in [4.78, 5) is 8.65. The summed E-state index contributed by atoms with van der Waals surface area (Å²) in [5, 5.41) is 32.1. The topological polar surface area (TPSA) is 144 Å². The first-order valence-corrected chi connectivity index (χ1v) is 10.0. The van der Waals surface area contributed by atoms with Crippen molar-refractivity contribution in [1.82, 2.24) is 34.7 Å². The number of hydrogen-bond acceptors (Lipinski definition) is 8. The Kier molecular flexibility index (Phi) is 5.42. The van der Waals surface area contributed by atoms with Gasteiger partial charge in [-0.05, 0) is 44.5 Å². The lowest BCUT2D eigenvalue weighted by atomic mass is 10.00. The maximum atomic E-state index is 9.95. The van der Waals surface area contributed by atoms with Crippen molar-refractivity contribution < 1.29 is 5.11 Å². The van der Waals surface area contributed by atoms with Crippen LogP contribution in [0.1, 0.15) is 30.7 Å². The highest BCUT2D eigenvalue weighted by Crippen LogP contribution is 2.27. The molecule has 3 N–H and O–H groups in total. The number of benzene rings is 1. The zero-order valence-corrected chi connectivity index (χ0v) is 18.1. The van der Waals surface area contributed by atoms with E-state index >= 15 is 0 Å². The second kappa shape index (κ2) is 8.20. The molecule has 3 heterocycles. The van der Waals surface area contributed by atoms with Gasteiger partial charge in [-0.1, -0.05) is 17.3 Å². The number of nitrogens with two attached hydrogens (primary N) is 1. The van der Waals surface area contributed by atoms with Gasteiger partial charge in [-0.3, -0.25) is 4.68 Å². The zero-order valence-electron chi connectivity index (χ0n) is 18.1. The molecule has 0 saturated carbocycles. The van der Waals surface area contributed by atoms with Crippen molar-refractivity contribution in [1.29, 1.82) is 5.26 Å². The van der Waals surface area contributed by atoms with E-state index in [1.807, 2.05) is 31.3 Å². The quantitative estimate of drug-likeness (QED) is 0.474. The average Bonchev–Trinajstić information content (AvgIpc) is 3.36. The Bertz CT molecular complexity index is 1310. The maximum absolute atomic E-state index is 9.95. The summed E-state index contributed by atoms with van der Waals surface area (Å²) in [6.45, 7) is 6.16. The van der Waals surface area contributed by atoms with Crippen LogP contribution in [0, 0.1) is 18.3 Å². The van der Waals surface area contributed by atoms with Gasteiger partial charge in [0.1, 0.15) is 5.69 Å². The highest BCUT2D eigenvalue weighted by Gasteiger charge is 2.15. The molecule has 4 rings (SSSR count). The van der Waals surface area contributed by atoms with Crippen LogP contribution < -0.4 is 5.73 Å². The molecule has 0 atom stereocenters. The van der Waals surface area contributed by atoms with E-state index in [4.69, 9.17) is 5.73 Å². The van der Waals surface area contributed by atoms with Gasteiger partial charge < -0.3 is 10.8 Å². The lowest BCUT2D eigenvalue weighted by molar-refractivity contribution is 0.0576. The summed E-state index contributed by atoms with van der Waals surface area (Å²) in [7, 11) is 0. The van der Waals surface area contributed by atoms with Crippen molar-refractivity contribution in [2.75, 3.05) is 5.73 Å². The number of rotatable bonds is 6. The number of aliphatic hydroxyl groups is 1. The predicted octanol–water partition coefficient (Wildman–Crippen LogP) is 2.18. The minimum atomic E-state index is -0.848. The summed E-state index contributed by atoms with van der Waals surface area (Å²) in [5.41, 5.74) is 9.81. The van der Waals surface area contributed by atoms with Crippen molar-refractivity contribution in [2.24, 2.45) is 0 Å². The van der Waals surface area contributed by atoms with Crippen LogP contribution >= 0.6 is 0 Å². The van der Waals surface area contributed by atoms with E-state index in [1.165, 1.54) is 0 Å². The Labute approximate surface area is 185 Å². The van der Waals surface area contributed by atoms with Gasteiger partial charge >= 0.3 is 0 Å². The molecule has 0 spiro atoms. The molecule has 0 aliphatic carbocycles. The largest absolute Gasteiger partial charge is 0.389 e. The minimum absolute atomic E-state index is 0.110. The molecule has 0 unspecified atom stereocenters. The Balaban J connectivity index is 1.59. The van der Waals surface area contributed by atoms with Gasteiger partial charge in [0.05, 0.1) is 53.6 Å². The Morgan fingerprint density at radius 2 is 1.91 bits per heavy atom. The average molecular weight is 429 g/mol. The normalized spacial score (nSPS) is 11.5. The van der Waals surface area contributed by atoms with E-state index in [2.05, 4.69) is 31.4 Å². The number of hydrogen-bond donors (Lipinski definition) is 2. The van der Waals surface area contributed by atoms with Gasteiger partial charge in [0.2, 0.25) is 5.95 Å². The molecule has 1 aromatic carbocycles. The number of aromatic nitrogens is 7. The molecule has 0 bridgehead atoms. The van der Waals surface area contributed by atoms with Gasteiger partial charge in [0.15, 0.2) is 0 Å². The molecule has 0 saturated heterocycles. The third kappa shape index (κ3) is 4.63. The monoisotopic (exact) mass is 429 g/mol. The standard InChI is InChI=1S/C22H23N9O/c1-14-15(10-23)5-4-6-17(14)18-9-19(26-21(24)25-18)20-12-31(29-27-20)11-16-7-8-30(28-16)13-22(2,3)32/h4-9,12,32H,11,13H2,1-3H3,(H2,24,25,26). The number of nitrogens with zero attached hydrogens (tertiary/aromatic N) is 8. The fourth-order valence-corrected chi connectivity index (χ4v) is 3.40. The number of nitrogen functional groups attached to an aromatic ring is 1. The van der Waals surface area contributed by atoms with Gasteiger partial charge in [0, 0.05) is 11.8 Å². The van der Waals surface area contributed by atoms with E-state index in [9.17, 15) is 10.4 Å². The first-order chi connectivity index (χ1) is 15.2. The summed E-state index contributed by atoms with van der Waals surface area (Å²) in [5.74, 6) is 0.110. The van der Waals surface area contributed by atoms with Crippen LogP contribution in [0.2, 0.25) is 0 Å². The lowest BCUT2D eigenvalue weighted by Crippen LogP contribution is -2.26. The molecule has 10 nitrogen and oxygen atoms in total. The van der Waals surface area contributed by atoms with Gasteiger partial charge in [-0.25, -0.2) is 14.6 Å². The molecular weight excluding hydrogens is 406 g/mol. The van der Waals surface area contributed by atoms with Crippen LogP contribution in [0.5, 0.6) is 0 Å². The highest BCUT2D eigenvalue weighted by molar-refractivity contribution is 5.71. The fourth-order valence-electron chi connectivity index (χ4n) is 3.40. The molecule has 0 amide bonds. The van der Waals surface area contributed by atoms with E-state index in [0.717, 1.165) is 16.8 Å².